The summed E-state index contributed by atoms with van der Waals surface area (Å²) in [6.45, 7) is 2.77. The van der Waals surface area contributed by atoms with E-state index >= 15 is 0 Å². The molecule has 2 heterocycles. The summed E-state index contributed by atoms with van der Waals surface area (Å²) in [6, 6.07) is 7.89. The van der Waals surface area contributed by atoms with Gasteiger partial charge in [-0.1, -0.05) is 6.92 Å². The van der Waals surface area contributed by atoms with E-state index in [-0.39, 0.29) is 11.7 Å². The van der Waals surface area contributed by atoms with Gasteiger partial charge in [0.15, 0.2) is 5.82 Å². The molecule has 1 fully saturated rings. The molecule has 2 aromatic heterocycles. The van der Waals surface area contributed by atoms with Crippen molar-refractivity contribution in [3.05, 3.63) is 54.4 Å². The number of rotatable bonds is 4. The summed E-state index contributed by atoms with van der Waals surface area (Å²) < 4.78 is 14.8. The monoisotopic (exact) mass is 324 g/mol. The topological polar surface area (TPSA) is 82.5 Å². The number of halogens is 1. The molecule has 7 heteroatoms. The molecule has 6 nitrogen and oxygen atoms in total. The number of hydrogen-bond acceptors (Lipinski definition) is 5. The van der Waals surface area contributed by atoms with Gasteiger partial charge in [0, 0.05) is 23.9 Å². The second-order valence-electron chi connectivity index (χ2n) is 6.05. The molecule has 0 amide bonds. The summed E-state index contributed by atoms with van der Waals surface area (Å²) in [5.74, 6) is 2.60. The van der Waals surface area contributed by atoms with Crippen molar-refractivity contribution in [2.24, 2.45) is 17.6 Å². The summed E-state index contributed by atoms with van der Waals surface area (Å²) in [5.41, 5.74) is 6.60. The van der Waals surface area contributed by atoms with Crippen LogP contribution < -0.4 is 5.73 Å². The molecule has 1 aliphatic carbocycles. The van der Waals surface area contributed by atoms with E-state index in [1.807, 2.05) is 0 Å². The Labute approximate surface area is 138 Å². The van der Waals surface area contributed by atoms with Crippen molar-refractivity contribution in [2.75, 3.05) is 6.54 Å². The minimum Gasteiger partial charge on any atom is -0.330 e. The van der Waals surface area contributed by atoms with Gasteiger partial charge in [0.05, 0.1) is 0 Å². The number of nitrogens with two attached hydrogens (primary N) is 1. The Morgan fingerprint density at radius 2 is 1.88 bits per heavy atom. The third-order valence-corrected chi connectivity index (χ3v) is 4.61. The predicted octanol–water partition coefficient (Wildman–Crippen LogP) is 2.17. The zero-order chi connectivity index (χ0) is 16.7. The lowest BCUT2D eigenvalue weighted by atomic mass is 10.2. The van der Waals surface area contributed by atoms with Gasteiger partial charge < -0.3 is 5.73 Å². The molecule has 0 saturated heterocycles. The largest absolute Gasteiger partial charge is 0.330 e. The third kappa shape index (κ3) is 2.46. The van der Waals surface area contributed by atoms with Gasteiger partial charge in [-0.2, -0.15) is 4.68 Å². The molecule has 122 valence electrons. The van der Waals surface area contributed by atoms with E-state index < -0.39 is 0 Å². The van der Waals surface area contributed by atoms with Crippen LogP contribution in [0.15, 0.2) is 42.7 Å². The van der Waals surface area contributed by atoms with E-state index in [1.165, 1.54) is 12.1 Å². The molecule has 24 heavy (non-hydrogen) atoms. The minimum atomic E-state index is -0.288. The highest BCUT2D eigenvalue weighted by Crippen LogP contribution is 2.52. The molecule has 3 unspecified atom stereocenters. The summed E-state index contributed by atoms with van der Waals surface area (Å²) in [7, 11) is 0. The van der Waals surface area contributed by atoms with Crippen molar-refractivity contribution >= 4 is 0 Å². The van der Waals surface area contributed by atoms with Crippen LogP contribution >= 0.6 is 0 Å². The Balaban J connectivity index is 1.81. The number of benzene rings is 1. The Kier molecular flexibility index (Phi) is 3.57. The molecule has 0 radical (unpaired) electrons. The standard InChI is InChI=1S/C17H17FN6/c1-10-13(9-19)14(10)16-22-15(11-3-5-12(18)6-4-11)23-24(16)17-20-7-2-8-21-17/h2-8,10,13-14H,9,19H2,1H3. The predicted molar refractivity (Wildman–Crippen MR) is 86.8 cm³/mol. The fourth-order valence-corrected chi connectivity index (χ4v) is 3.14. The van der Waals surface area contributed by atoms with Crippen LogP contribution in [0.25, 0.3) is 17.3 Å². The number of aromatic nitrogens is 5. The second kappa shape index (κ2) is 5.76. The van der Waals surface area contributed by atoms with Gasteiger partial charge in [0.1, 0.15) is 11.6 Å². The van der Waals surface area contributed by atoms with Crippen LogP contribution in [-0.4, -0.2) is 31.3 Å². The first kappa shape index (κ1) is 14.9. The molecule has 4 rings (SSSR count). The zero-order valence-corrected chi connectivity index (χ0v) is 13.2. The first-order valence-electron chi connectivity index (χ1n) is 7.89. The highest BCUT2D eigenvalue weighted by atomic mass is 19.1. The number of nitrogens with zero attached hydrogens (tertiary/aromatic N) is 5. The van der Waals surface area contributed by atoms with Crippen LogP contribution in [0.4, 0.5) is 4.39 Å². The van der Waals surface area contributed by atoms with E-state index in [9.17, 15) is 4.39 Å². The lowest BCUT2D eigenvalue weighted by Gasteiger charge is -2.02. The summed E-state index contributed by atoms with van der Waals surface area (Å²) >= 11 is 0. The third-order valence-electron chi connectivity index (χ3n) is 4.61. The van der Waals surface area contributed by atoms with Crippen LogP contribution in [0, 0.1) is 17.7 Å². The highest BCUT2D eigenvalue weighted by molar-refractivity contribution is 5.55. The molecular weight excluding hydrogens is 307 g/mol. The smallest absolute Gasteiger partial charge is 0.252 e. The quantitative estimate of drug-likeness (QED) is 0.795. The van der Waals surface area contributed by atoms with E-state index in [1.54, 1.807) is 35.3 Å². The average molecular weight is 324 g/mol. The zero-order valence-electron chi connectivity index (χ0n) is 13.2. The molecule has 0 bridgehead atoms. The molecule has 0 spiro atoms. The Bertz CT molecular complexity index is 845. The average Bonchev–Trinajstić information content (AvgIpc) is 3.06. The molecule has 1 aliphatic rings. The first-order chi connectivity index (χ1) is 11.7. The fraction of sp³-hybridized carbons (Fsp3) is 0.294. The van der Waals surface area contributed by atoms with Crippen molar-refractivity contribution in [1.82, 2.24) is 24.7 Å². The van der Waals surface area contributed by atoms with Crippen molar-refractivity contribution in [3.8, 4) is 17.3 Å². The van der Waals surface area contributed by atoms with Gasteiger partial charge in [-0.25, -0.2) is 19.3 Å². The van der Waals surface area contributed by atoms with Gasteiger partial charge in [0.25, 0.3) is 5.95 Å². The molecule has 0 aliphatic heterocycles. The maximum Gasteiger partial charge on any atom is 0.252 e. The fourth-order valence-electron chi connectivity index (χ4n) is 3.14. The number of hydrogen-bond donors (Lipinski definition) is 1. The van der Waals surface area contributed by atoms with Gasteiger partial charge in [-0.05, 0) is 48.7 Å². The lowest BCUT2D eigenvalue weighted by Crippen LogP contribution is -2.08. The highest BCUT2D eigenvalue weighted by Gasteiger charge is 2.50. The molecule has 3 aromatic rings. The van der Waals surface area contributed by atoms with E-state index in [0.29, 0.717) is 30.2 Å². The van der Waals surface area contributed by atoms with Crippen LogP contribution in [0.3, 0.4) is 0 Å². The maximum atomic E-state index is 13.2. The van der Waals surface area contributed by atoms with Crippen LogP contribution in [0.1, 0.15) is 18.7 Å². The van der Waals surface area contributed by atoms with E-state index in [0.717, 1.165) is 11.4 Å². The van der Waals surface area contributed by atoms with Crippen molar-refractivity contribution in [3.63, 3.8) is 0 Å². The van der Waals surface area contributed by atoms with E-state index in [4.69, 9.17) is 10.7 Å². The molecule has 3 atom stereocenters. The van der Waals surface area contributed by atoms with Gasteiger partial charge >= 0.3 is 0 Å². The van der Waals surface area contributed by atoms with Gasteiger partial charge in [-0.15, -0.1) is 5.10 Å². The summed E-state index contributed by atoms with van der Waals surface area (Å²) in [5, 5.41) is 4.56. The van der Waals surface area contributed by atoms with Crippen LogP contribution in [-0.2, 0) is 0 Å². The normalized spacial score (nSPS) is 22.5. The van der Waals surface area contributed by atoms with E-state index in [2.05, 4.69) is 22.0 Å². The minimum absolute atomic E-state index is 0.237. The Morgan fingerprint density at radius 3 is 2.50 bits per heavy atom. The maximum absolute atomic E-state index is 13.2. The van der Waals surface area contributed by atoms with Gasteiger partial charge in [-0.3, -0.25) is 0 Å². The van der Waals surface area contributed by atoms with Crippen LogP contribution in [0.5, 0.6) is 0 Å². The molecule has 1 saturated carbocycles. The van der Waals surface area contributed by atoms with Crippen molar-refractivity contribution in [1.29, 1.82) is 0 Å². The van der Waals surface area contributed by atoms with Crippen molar-refractivity contribution < 1.29 is 4.39 Å². The Morgan fingerprint density at radius 1 is 1.17 bits per heavy atom. The molecule has 1 aromatic carbocycles. The second-order valence-corrected chi connectivity index (χ2v) is 6.05. The SMILES string of the molecule is CC1C(CN)C1c1nc(-c2ccc(F)cc2)nn1-c1ncccn1. The van der Waals surface area contributed by atoms with Crippen LogP contribution in [0.2, 0.25) is 0 Å². The Hall–Kier alpha value is -2.67. The first-order valence-corrected chi connectivity index (χ1v) is 7.89. The van der Waals surface area contributed by atoms with Crippen molar-refractivity contribution in [2.45, 2.75) is 12.8 Å². The molecular formula is C17H17FN6. The lowest BCUT2D eigenvalue weighted by molar-refractivity contribution is 0.628. The van der Waals surface area contributed by atoms with Gasteiger partial charge in [0.2, 0.25) is 0 Å². The summed E-state index contributed by atoms with van der Waals surface area (Å²) in [4.78, 5) is 13.2. The summed E-state index contributed by atoms with van der Waals surface area (Å²) in [6.07, 6.45) is 3.34. The molecule has 2 N–H and O–H groups in total.